The van der Waals surface area contributed by atoms with Crippen LogP contribution in [0.15, 0.2) is 48.8 Å². The molecule has 1 aromatic heterocycles. The first kappa shape index (κ1) is 14.1. The number of benzene rings is 2. The molecule has 5 heteroatoms. The van der Waals surface area contributed by atoms with Crippen LogP contribution in [0.1, 0.15) is 15.9 Å². The molecule has 0 aliphatic carbocycles. The third kappa shape index (κ3) is 2.65. The lowest BCUT2D eigenvalue weighted by Gasteiger charge is -2.19. The number of fused-ring (bicyclic) bond motifs is 1. The third-order valence-electron chi connectivity index (χ3n) is 3.61. The number of rotatable bonds is 4. The number of hydrogen-bond donors (Lipinski definition) is 1. The Labute approximate surface area is 128 Å². The van der Waals surface area contributed by atoms with Crippen LogP contribution in [-0.4, -0.2) is 34.9 Å². The summed E-state index contributed by atoms with van der Waals surface area (Å²) in [7, 11) is 3.42. The zero-order valence-electron chi connectivity index (χ0n) is 12.5. The highest BCUT2D eigenvalue weighted by Gasteiger charge is 2.14. The Bertz CT molecular complexity index is 810. The van der Waals surface area contributed by atoms with Gasteiger partial charge in [-0.1, -0.05) is 18.2 Å². The van der Waals surface area contributed by atoms with Gasteiger partial charge in [0.25, 0.3) is 5.91 Å². The van der Waals surface area contributed by atoms with E-state index >= 15 is 0 Å². The number of carbonyl (C=O) groups is 1. The number of amides is 1. The summed E-state index contributed by atoms with van der Waals surface area (Å²) in [5.41, 5.74) is 3.32. The van der Waals surface area contributed by atoms with Crippen LogP contribution in [-0.2, 0) is 6.54 Å². The van der Waals surface area contributed by atoms with Gasteiger partial charge in [0.15, 0.2) is 0 Å². The molecule has 0 bridgehead atoms. The second-order valence-corrected chi connectivity index (χ2v) is 5.11. The van der Waals surface area contributed by atoms with Crippen molar-refractivity contribution in [2.24, 2.45) is 0 Å². The van der Waals surface area contributed by atoms with Crippen LogP contribution >= 0.6 is 0 Å². The molecule has 112 valence electrons. The number of carbonyl (C=O) groups excluding carboxylic acids is 1. The van der Waals surface area contributed by atoms with E-state index in [1.165, 1.54) is 0 Å². The number of ether oxygens (including phenoxy) is 1. The van der Waals surface area contributed by atoms with E-state index in [1.807, 2.05) is 36.4 Å². The Morgan fingerprint density at radius 2 is 2.09 bits per heavy atom. The summed E-state index contributed by atoms with van der Waals surface area (Å²) >= 11 is 0. The Hall–Kier alpha value is -2.82. The number of imidazole rings is 1. The Morgan fingerprint density at radius 1 is 1.27 bits per heavy atom. The molecule has 1 N–H and O–H groups in total. The summed E-state index contributed by atoms with van der Waals surface area (Å²) in [5.74, 6) is 0.744. The molecule has 22 heavy (non-hydrogen) atoms. The zero-order valence-corrected chi connectivity index (χ0v) is 12.5. The number of nitrogens with zero attached hydrogens (tertiary/aromatic N) is 2. The van der Waals surface area contributed by atoms with Crippen LogP contribution in [0, 0.1) is 0 Å². The molecule has 1 amide bonds. The Balaban J connectivity index is 1.81. The third-order valence-corrected chi connectivity index (χ3v) is 3.61. The van der Waals surface area contributed by atoms with Crippen molar-refractivity contribution >= 4 is 16.9 Å². The maximum Gasteiger partial charge on any atom is 0.253 e. The minimum Gasteiger partial charge on any atom is -0.496 e. The SMILES string of the molecule is COc1ccccc1CN(C)C(=O)c1ccc2nc[nH]c2c1. The lowest BCUT2D eigenvalue weighted by Crippen LogP contribution is -2.26. The van der Waals surface area contributed by atoms with Crippen molar-refractivity contribution < 1.29 is 9.53 Å². The van der Waals surface area contributed by atoms with E-state index in [1.54, 1.807) is 31.5 Å². The molecule has 0 unspecified atom stereocenters. The van der Waals surface area contributed by atoms with Crippen LogP contribution < -0.4 is 4.74 Å². The smallest absolute Gasteiger partial charge is 0.253 e. The number of nitrogens with one attached hydrogen (secondary N) is 1. The zero-order chi connectivity index (χ0) is 15.5. The molecule has 0 aliphatic rings. The summed E-state index contributed by atoms with van der Waals surface area (Å²) in [5, 5.41) is 0. The van der Waals surface area contributed by atoms with Gasteiger partial charge in [0.2, 0.25) is 0 Å². The van der Waals surface area contributed by atoms with Gasteiger partial charge >= 0.3 is 0 Å². The van der Waals surface area contributed by atoms with Gasteiger partial charge in [-0.25, -0.2) is 4.98 Å². The van der Waals surface area contributed by atoms with Crippen molar-refractivity contribution in [1.29, 1.82) is 0 Å². The van der Waals surface area contributed by atoms with E-state index in [0.29, 0.717) is 12.1 Å². The van der Waals surface area contributed by atoms with Crippen molar-refractivity contribution in [2.45, 2.75) is 6.54 Å². The summed E-state index contributed by atoms with van der Waals surface area (Å²) in [6.45, 7) is 0.490. The molecule has 1 heterocycles. The topological polar surface area (TPSA) is 58.2 Å². The average molecular weight is 295 g/mol. The minimum absolute atomic E-state index is 0.0394. The van der Waals surface area contributed by atoms with Crippen molar-refractivity contribution in [3.63, 3.8) is 0 Å². The fourth-order valence-electron chi connectivity index (χ4n) is 2.45. The van der Waals surface area contributed by atoms with Crippen molar-refractivity contribution in [2.75, 3.05) is 14.2 Å². The molecule has 0 fully saturated rings. The molecule has 0 radical (unpaired) electrons. The molecule has 0 atom stereocenters. The second kappa shape index (κ2) is 5.89. The minimum atomic E-state index is -0.0394. The lowest BCUT2D eigenvalue weighted by atomic mass is 10.1. The van der Waals surface area contributed by atoms with E-state index in [-0.39, 0.29) is 5.91 Å². The molecule has 0 spiro atoms. The molecule has 2 aromatic carbocycles. The maximum atomic E-state index is 12.6. The highest BCUT2D eigenvalue weighted by Crippen LogP contribution is 2.20. The van der Waals surface area contributed by atoms with Crippen LogP contribution in [0.25, 0.3) is 11.0 Å². The van der Waals surface area contributed by atoms with Crippen molar-refractivity contribution in [1.82, 2.24) is 14.9 Å². The van der Waals surface area contributed by atoms with Crippen LogP contribution in [0.5, 0.6) is 5.75 Å². The lowest BCUT2D eigenvalue weighted by molar-refractivity contribution is 0.0784. The molecular formula is C17H17N3O2. The van der Waals surface area contributed by atoms with E-state index in [4.69, 9.17) is 4.74 Å². The number of aromatic amines is 1. The van der Waals surface area contributed by atoms with Gasteiger partial charge in [0.05, 0.1) is 24.5 Å². The van der Waals surface area contributed by atoms with Gasteiger partial charge < -0.3 is 14.6 Å². The predicted octanol–water partition coefficient (Wildman–Crippen LogP) is 2.84. The number of para-hydroxylation sites is 1. The highest BCUT2D eigenvalue weighted by atomic mass is 16.5. The van der Waals surface area contributed by atoms with Gasteiger partial charge in [-0.05, 0) is 24.3 Å². The molecule has 5 nitrogen and oxygen atoms in total. The number of hydrogen-bond acceptors (Lipinski definition) is 3. The molecule has 3 rings (SSSR count). The fourth-order valence-corrected chi connectivity index (χ4v) is 2.45. The molecule has 3 aromatic rings. The van der Waals surface area contributed by atoms with Crippen LogP contribution in [0.2, 0.25) is 0 Å². The van der Waals surface area contributed by atoms with Gasteiger partial charge in [-0.3, -0.25) is 4.79 Å². The first-order valence-corrected chi connectivity index (χ1v) is 6.99. The number of methoxy groups -OCH3 is 1. The van der Waals surface area contributed by atoms with Crippen molar-refractivity contribution in [3.05, 3.63) is 59.9 Å². The van der Waals surface area contributed by atoms with Crippen LogP contribution in [0.3, 0.4) is 0 Å². The number of aromatic nitrogens is 2. The first-order valence-electron chi connectivity index (χ1n) is 6.99. The van der Waals surface area contributed by atoms with Gasteiger partial charge in [0, 0.05) is 24.7 Å². The quantitative estimate of drug-likeness (QED) is 0.805. The van der Waals surface area contributed by atoms with Crippen LogP contribution in [0.4, 0.5) is 0 Å². The second-order valence-electron chi connectivity index (χ2n) is 5.11. The van der Waals surface area contributed by atoms with Gasteiger partial charge in [-0.2, -0.15) is 0 Å². The predicted molar refractivity (Wildman–Crippen MR) is 84.9 cm³/mol. The van der Waals surface area contributed by atoms with E-state index < -0.39 is 0 Å². The number of H-pyrrole nitrogens is 1. The summed E-state index contributed by atoms with van der Waals surface area (Å²) in [6.07, 6.45) is 1.62. The van der Waals surface area contributed by atoms with Gasteiger partial charge in [-0.15, -0.1) is 0 Å². The normalized spacial score (nSPS) is 10.6. The van der Waals surface area contributed by atoms with E-state index in [0.717, 1.165) is 22.3 Å². The summed E-state index contributed by atoms with van der Waals surface area (Å²) in [4.78, 5) is 21.4. The fraction of sp³-hybridized carbons (Fsp3) is 0.176. The van der Waals surface area contributed by atoms with E-state index in [9.17, 15) is 4.79 Å². The standard InChI is InChI=1S/C17H17N3O2/c1-20(10-13-5-3-4-6-16(13)22-2)17(21)12-7-8-14-15(9-12)19-11-18-14/h3-9,11H,10H2,1-2H3,(H,18,19). The average Bonchev–Trinajstić information content (AvgIpc) is 3.02. The maximum absolute atomic E-state index is 12.6. The first-order chi connectivity index (χ1) is 10.7. The monoisotopic (exact) mass is 295 g/mol. The molecule has 0 saturated carbocycles. The Morgan fingerprint density at radius 3 is 2.91 bits per heavy atom. The van der Waals surface area contributed by atoms with Crippen molar-refractivity contribution in [3.8, 4) is 5.75 Å². The largest absolute Gasteiger partial charge is 0.496 e. The highest BCUT2D eigenvalue weighted by molar-refractivity contribution is 5.97. The molecule has 0 saturated heterocycles. The molecule has 0 aliphatic heterocycles. The molecular weight excluding hydrogens is 278 g/mol. The van der Waals surface area contributed by atoms with Gasteiger partial charge in [0.1, 0.15) is 5.75 Å². The Kier molecular flexibility index (Phi) is 3.78. The summed E-state index contributed by atoms with van der Waals surface area (Å²) < 4.78 is 5.33. The van der Waals surface area contributed by atoms with E-state index in [2.05, 4.69) is 9.97 Å². The summed E-state index contributed by atoms with van der Waals surface area (Å²) in [6, 6.07) is 13.2.